The molecule has 7 heteroatoms. The van der Waals surface area contributed by atoms with Gasteiger partial charge < -0.3 is 20.1 Å². The van der Waals surface area contributed by atoms with Gasteiger partial charge in [-0.1, -0.05) is 12.1 Å². The van der Waals surface area contributed by atoms with E-state index < -0.39 is 0 Å². The van der Waals surface area contributed by atoms with E-state index in [1.54, 1.807) is 11.9 Å². The standard InChI is InChI=1S/C17H25N3O4/c1-12(2)19-17(22)10-20(3)9-16(21)18-8-13-11-23-14-6-4-5-7-15(14)24-13/h4-7,12-13H,8-11H2,1-3H3,(H,18,21)(H,19,22). The van der Waals surface area contributed by atoms with E-state index in [-0.39, 0.29) is 37.0 Å². The molecule has 2 rings (SSSR count). The van der Waals surface area contributed by atoms with Gasteiger partial charge in [0.1, 0.15) is 12.7 Å². The second kappa shape index (κ2) is 8.54. The van der Waals surface area contributed by atoms with Gasteiger partial charge in [-0.3, -0.25) is 14.5 Å². The lowest BCUT2D eigenvalue weighted by Crippen LogP contribution is -2.45. The molecule has 0 aliphatic carbocycles. The van der Waals surface area contributed by atoms with Crippen LogP contribution in [0, 0.1) is 0 Å². The number of rotatable bonds is 7. The smallest absolute Gasteiger partial charge is 0.234 e. The summed E-state index contributed by atoms with van der Waals surface area (Å²) in [4.78, 5) is 25.3. The van der Waals surface area contributed by atoms with E-state index in [1.165, 1.54) is 0 Å². The first-order valence-corrected chi connectivity index (χ1v) is 8.07. The van der Waals surface area contributed by atoms with Crippen molar-refractivity contribution in [3.63, 3.8) is 0 Å². The van der Waals surface area contributed by atoms with E-state index in [9.17, 15) is 9.59 Å². The van der Waals surface area contributed by atoms with Crippen molar-refractivity contribution in [3.05, 3.63) is 24.3 Å². The Balaban J connectivity index is 1.69. The van der Waals surface area contributed by atoms with Crippen molar-refractivity contribution < 1.29 is 19.1 Å². The fourth-order valence-electron chi connectivity index (χ4n) is 2.36. The van der Waals surface area contributed by atoms with Crippen LogP contribution in [0.4, 0.5) is 0 Å². The maximum Gasteiger partial charge on any atom is 0.234 e. The van der Waals surface area contributed by atoms with Crippen molar-refractivity contribution in [1.29, 1.82) is 0 Å². The lowest BCUT2D eigenvalue weighted by Gasteiger charge is -2.26. The molecular weight excluding hydrogens is 310 g/mol. The van der Waals surface area contributed by atoms with E-state index in [2.05, 4.69) is 10.6 Å². The van der Waals surface area contributed by atoms with Crippen LogP contribution in [0.5, 0.6) is 11.5 Å². The van der Waals surface area contributed by atoms with Crippen LogP contribution in [0.25, 0.3) is 0 Å². The number of nitrogens with one attached hydrogen (secondary N) is 2. The van der Waals surface area contributed by atoms with Gasteiger partial charge >= 0.3 is 0 Å². The molecule has 1 unspecified atom stereocenters. The summed E-state index contributed by atoms with van der Waals surface area (Å²) in [5.41, 5.74) is 0. The Morgan fingerprint density at radius 2 is 1.88 bits per heavy atom. The first-order chi connectivity index (χ1) is 11.4. The molecule has 2 amide bonds. The quantitative estimate of drug-likeness (QED) is 0.754. The highest BCUT2D eigenvalue weighted by atomic mass is 16.6. The molecule has 7 nitrogen and oxygen atoms in total. The molecule has 0 saturated carbocycles. The molecule has 0 spiro atoms. The predicted octanol–water partition coefficient (Wildman–Crippen LogP) is 0.399. The van der Waals surface area contributed by atoms with Gasteiger partial charge in [0.25, 0.3) is 0 Å². The summed E-state index contributed by atoms with van der Waals surface area (Å²) in [5.74, 6) is 1.15. The average Bonchev–Trinajstić information content (AvgIpc) is 2.51. The predicted molar refractivity (Wildman–Crippen MR) is 90.1 cm³/mol. The van der Waals surface area contributed by atoms with Crippen LogP contribution in [0.3, 0.4) is 0 Å². The van der Waals surface area contributed by atoms with E-state index in [4.69, 9.17) is 9.47 Å². The van der Waals surface area contributed by atoms with Gasteiger partial charge in [-0.15, -0.1) is 0 Å². The second-order valence-electron chi connectivity index (χ2n) is 6.20. The minimum atomic E-state index is -0.224. The Hall–Kier alpha value is -2.28. The zero-order chi connectivity index (χ0) is 17.5. The summed E-state index contributed by atoms with van der Waals surface area (Å²) in [7, 11) is 1.73. The molecule has 1 aromatic carbocycles. The van der Waals surface area contributed by atoms with E-state index in [1.807, 2.05) is 38.1 Å². The first kappa shape index (κ1) is 18.1. The van der Waals surface area contributed by atoms with E-state index in [0.29, 0.717) is 18.9 Å². The van der Waals surface area contributed by atoms with Crippen molar-refractivity contribution in [1.82, 2.24) is 15.5 Å². The van der Waals surface area contributed by atoms with Crippen LogP contribution >= 0.6 is 0 Å². The van der Waals surface area contributed by atoms with Crippen LogP contribution in [-0.2, 0) is 9.59 Å². The number of carbonyl (C=O) groups is 2. The van der Waals surface area contributed by atoms with Gasteiger partial charge in [-0.05, 0) is 33.0 Å². The number of benzene rings is 1. The van der Waals surface area contributed by atoms with Gasteiger partial charge in [0.2, 0.25) is 11.8 Å². The summed E-state index contributed by atoms with van der Waals surface area (Å²) in [6.45, 7) is 4.88. The summed E-state index contributed by atoms with van der Waals surface area (Å²) in [5, 5.41) is 5.60. The second-order valence-corrected chi connectivity index (χ2v) is 6.20. The van der Waals surface area contributed by atoms with Gasteiger partial charge in [0.05, 0.1) is 19.6 Å². The molecule has 1 aliphatic heterocycles. The fraction of sp³-hybridized carbons (Fsp3) is 0.529. The largest absolute Gasteiger partial charge is 0.486 e. The molecule has 1 heterocycles. The highest BCUT2D eigenvalue weighted by Gasteiger charge is 2.21. The molecular formula is C17H25N3O4. The van der Waals surface area contributed by atoms with Crippen LogP contribution in [-0.4, -0.2) is 62.1 Å². The molecule has 0 fully saturated rings. The molecule has 0 bridgehead atoms. The normalized spacial score (nSPS) is 16.1. The van der Waals surface area contributed by atoms with Gasteiger partial charge in [-0.25, -0.2) is 0 Å². The molecule has 2 N–H and O–H groups in total. The number of amides is 2. The topological polar surface area (TPSA) is 79.9 Å². The van der Waals surface area contributed by atoms with Gasteiger partial charge in [0, 0.05) is 6.04 Å². The molecule has 132 valence electrons. The highest BCUT2D eigenvalue weighted by molar-refractivity contribution is 5.81. The highest BCUT2D eigenvalue weighted by Crippen LogP contribution is 2.30. The van der Waals surface area contributed by atoms with Crippen LogP contribution in [0.2, 0.25) is 0 Å². The number of likely N-dealkylation sites (N-methyl/N-ethyl adjacent to an activating group) is 1. The number of carbonyl (C=O) groups excluding carboxylic acids is 2. The van der Waals surface area contributed by atoms with E-state index >= 15 is 0 Å². The van der Waals surface area contributed by atoms with Crippen molar-refractivity contribution >= 4 is 11.8 Å². The summed E-state index contributed by atoms with van der Waals surface area (Å²) in [6.07, 6.45) is -0.224. The zero-order valence-electron chi connectivity index (χ0n) is 14.4. The van der Waals surface area contributed by atoms with Gasteiger partial charge in [0.15, 0.2) is 11.5 Å². The Morgan fingerprint density at radius 3 is 2.58 bits per heavy atom. The fourth-order valence-corrected chi connectivity index (χ4v) is 2.36. The minimum absolute atomic E-state index is 0.0889. The maximum absolute atomic E-state index is 12.0. The number of ether oxygens (including phenoxy) is 2. The monoisotopic (exact) mass is 335 g/mol. The Bertz CT molecular complexity index is 577. The minimum Gasteiger partial charge on any atom is -0.486 e. The Morgan fingerprint density at radius 1 is 1.21 bits per heavy atom. The summed E-state index contributed by atoms with van der Waals surface area (Å²) >= 11 is 0. The molecule has 0 radical (unpaired) electrons. The maximum atomic E-state index is 12.0. The van der Waals surface area contributed by atoms with Crippen molar-refractivity contribution in [2.24, 2.45) is 0 Å². The number of fused-ring (bicyclic) bond motifs is 1. The van der Waals surface area contributed by atoms with Crippen LogP contribution in [0.1, 0.15) is 13.8 Å². The average molecular weight is 335 g/mol. The lowest BCUT2D eigenvalue weighted by atomic mass is 10.2. The Kier molecular flexibility index (Phi) is 6.43. The molecule has 0 saturated heterocycles. The number of para-hydroxylation sites is 2. The van der Waals surface area contributed by atoms with Gasteiger partial charge in [-0.2, -0.15) is 0 Å². The number of hydrogen-bond acceptors (Lipinski definition) is 5. The number of nitrogens with zero attached hydrogens (tertiary/aromatic N) is 1. The summed E-state index contributed by atoms with van der Waals surface area (Å²) < 4.78 is 11.4. The first-order valence-electron chi connectivity index (χ1n) is 8.07. The molecule has 1 aromatic rings. The third-order valence-electron chi connectivity index (χ3n) is 3.37. The van der Waals surface area contributed by atoms with Crippen molar-refractivity contribution in [2.75, 3.05) is 33.3 Å². The van der Waals surface area contributed by atoms with Crippen LogP contribution in [0.15, 0.2) is 24.3 Å². The summed E-state index contributed by atoms with van der Waals surface area (Å²) in [6, 6.07) is 7.53. The molecule has 1 aliphatic rings. The molecule has 24 heavy (non-hydrogen) atoms. The molecule has 1 atom stereocenters. The third kappa shape index (κ3) is 5.73. The SMILES string of the molecule is CC(C)NC(=O)CN(C)CC(=O)NCC1COc2ccccc2O1. The van der Waals surface area contributed by atoms with Crippen molar-refractivity contribution in [2.45, 2.75) is 26.0 Å². The van der Waals surface area contributed by atoms with Crippen molar-refractivity contribution in [3.8, 4) is 11.5 Å². The lowest BCUT2D eigenvalue weighted by molar-refractivity contribution is -0.125. The zero-order valence-corrected chi connectivity index (χ0v) is 14.4. The molecule has 0 aromatic heterocycles. The third-order valence-corrected chi connectivity index (χ3v) is 3.37. The number of hydrogen-bond donors (Lipinski definition) is 2. The van der Waals surface area contributed by atoms with E-state index in [0.717, 1.165) is 5.75 Å². The van der Waals surface area contributed by atoms with Crippen LogP contribution < -0.4 is 20.1 Å². The Labute approximate surface area is 142 Å².